The topological polar surface area (TPSA) is 88.5 Å². The van der Waals surface area contributed by atoms with E-state index >= 15 is 0 Å². The number of hydrogen-bond donors (Lipinski definition) is 2. The van der Waals surface area contributed by atoms with E-state index in [4.69, 9.17) is 4.74 Å². The Bertz CT molecular complexity index is 1200. The summed E-state index contributed by atoms with van der Waals surface area (Å²) in [6, 6.07) is 9.11. The lowest BCUT2D eigenvalue weighted by atomic mass is 9.97. The number of carbonyl (C=O) groups is 2. The number of aliphatic carboxylic acids is 1. The number of nitrogens with zero attached hydrogens (tertiary/aromatic N) is 1. The maximum atomic E-state index is 14.7. The van der Waals surface area contributed by atoms with Crippen molar-refractivity contribution in [2.24, 2.45) is 0 Å². The van der Waals surface area contributed by atoms with Gasteiger partial charge in [-0.25, -0.2) is 9.18 Å². The normalized spacial score (nSPS) is 13.0. The third kappa shape index (κ3) is 5.44. The fourth-order valence-corrected chi connectivity index (χ4v) is 3.07. The molecule has 2 N–H and O–H groups in total. The van der Waals surface area contributed by atoms with E-state index in [0.29, 0.717) is 0 Å². The third-order valence-corrected chi connectivity index (χ3v) is 5.26. The van der Waals surface area contributed by atoms with Crippen molar-refractivity contribution >= 4 is 22.6 Å². The molecule has 0 aliphatic rings. The van der Waals surface area contributed by atoms with Gasteiger partial charge in [0.15, 0.2) is 0 Å². The highest BCUT2D eigenvalue weighted by Crippen LogP contribution is 2.33. The molecule has 2 aromatic carbocycles. The van der Waals surface area contributed by atoms with Crippen LogP contribution in [0.3, 0.4) is 0 Å². The molecule has 1 amide bonds. The Labute approximate surface area is 193 Å². The first-order valence-electron chi connectivity index (χ1n) is 9.88. The highest BCUT2D eigenvalue weighted by Gasteiger charge is 2.34. The van der Waals surface area contributed by atoms with E-state index in [1.807, 2.05) is 0 Å². The van der Waals surface area contributed by atoms with Crippen LogP contribution >= 0.6 is 0 Å². The molecule has 3 rings (SSSR count). The smallest absolute Gasteiger partial charge is 0.433 e. The fourth-order valence-electron chi connectivity index (χ4n) is 3.07. The quantitative estimate of drug-likeness (QED) is 0.431. The van der Waals surface area contributed by atoms with Gasteiger partial charge in [-0.15, -0.1) is 0 Å². The number of halogens is 4. The van der Waals surface area contributed by atoms with E-state index in [2.05, 4.69) is 10.3 Å². The second-order valence-electron chi connectivity index (χ2n) is 7.56. The van der Waals surface area contributed by atoms with Gasteiger partial charge in [-0.3, -0.25) is 9.78 Å². The zero-order valence-electron chi connectivity index (χ0n) is 17.7. The largest absolute Gasteiger partial charge is 0.487 e. The minimum atomic E-state index is -4.59. The highest BCUT2D eigenvalue weighted by atomic mass is 19.4. The Hall–Kier alpha value is -3.69. The van der Waals surface area contributed by atoms with Gasteiger partial charge in [-0.2, -0.15) is 13.2 Å². The molecule has 3 aromatic rings. The van der Waals surface area contributed by atoms with E-state index < -0.39 is 35.1 Å². The number of alkyl halides is 3. The zero-order chi connectivity index (χ0) is 24.4. The molecule has 0 aliphatic heterocycles. The molecule has 34 heavy (non-hydrogen) atoms. The summed E-state index contributed by atoms with van der Waals surface area (Å²) >= 11 is 0. The predicted molar refractivity (Wildman–Crippen MR) is 118 cm³/mol. The third-order valence-electron chi connectivity index (χ3n) is 5.26. The Kier molecular flexibility index (Phi) is 7.86. The van der Waals surface area contributed by atoms with E-state index in [9.17, 15) is 32.3 Å². The number of rotatable bonds is 7. The molecule has 0 saturated carbocycles. The van der Waals surface area contributed by atoms with Crippen LogP contribution in [-0.2, 0) is 17.6 Å². The van der Waals surface area contributed by atoms with Crippen LogP contribution in [0.1, 0.15) is 49.3 Å². The summed E-state index contributed by atoms with van der Waals surface area (Å²) in [5.74, 6) is -2.88. The van der Waals surface area contributed by atoms with Crippen LogP contribution < -0.4 is 10.1 Å². The molecule has 1 atom stereocenters. The van der Waals surface area contributed by atoms with E-state index in [0.717, 1.165) is 18.3 Å². The van der Waals surface area contributed by atoms with Crippen LogP contribution in [-0.4, -0.2) is 27.5 Å². The van der Waals surface area contributed by atoms with Gasteiger partial charge in [0.05, 0.1) is 5.56 Å². The number of carbonyl (C=O) groups excluding carboxylic acids is 1. The zero-order valence-corrected chi connectivity index (χ0v) is 17.7. The first-order chi connectivity index (χ1) is 15.5. The van der Waals surface area contributed by atoms with Gasteiger partial charge in [0.2, 0.25) is 0 Å². The van der Waals surface area contributed by atoms with Crippen molar-refractivity contribution in [3.8, 4) is 5.75 Å². The second kappa shape index (κ2) is 10.1. The number of hydrogen-bond acceptors (Lipinski definition) is 4. The summed E-state index contributed by atoms with van der Waals surface area (Å²) in [5, 5.41) is 12.2. The van der Waals surface area contributed by atoms with Crippen LogP contribution in [0, 0.1) is 5.82 Å². The molecule has 0 bridgehead atoms. The average molecular weight is 480 g/mol. The maximum Gasteiger partial charge on any atom is 0.433 e. The summed E-state index contributed by atoms with van der Waals surface area (Å²) in [4.78, 5) is 27.9. The molecule has 1 aromatic heterocycles. The van der Waals surface area contributed by atoms with Crippen molar-refractivity contribution in [2.45, 2.75) is 46.0 Å². The van der Waals surface area contributed by atoms with Gasteiger partial charge < -0.3 is 15.2 Å². The summed E-state index contributed by atoms with van der Waals surface area (Å²) in [7, 11) is 0. The van der Waals surface area contributed by atoms with Gasteiger partial charge in [-0.1, -0.05) is 44.7 Å². The lowest BCUT2D eigenvalue weighted by Crippen LogP contribution is -2.51. The van der Waals surface area contributed by atoms with Crippen LogP contribution in [0.2, 0.25) is 0 Å². The number of carboxylic acids is 1. The van der Waals surface area contributed by atoms with Gasteiger partial charge in [-0.05, 0) is 25.5 Å². The fraction of sp³-hybridized carbons (Fsp3) is 0.292. The number of carboxylic acid groups (broad SMARTS) is 1. The molecule has 6 nitrogen and oxygen atoms in total. The van der Waals surface area contributed by atoms with Crippen LogP contribution in [0.25, 0.3) is 10.8 Å². The first-order valence-corrected chi connectivity index (χ1v) is 9.88. The van der Waals surface area contributed by atoms with Crippen molar-refractivity contribution in [1.29, 1.82) is 0 Å². The number of fused-ring (bicyclic) bond motifs is 1. The molecular formula is C24H24F4N2O4. The van der Waals surface area contributed by atoms with Gasteiger partial charge >= 0.3 is 12.1 Å². The Morgan fingerprint density at radius 3 is 2.29 bits per heavy atom. The molecule has 0 unspecified atom stereocenters. The highest BCUT2D eigenvalue weighted by molar-refractivity contribution is 6.05. The van der Waals surface area contributed by atoms with E-state index in [1.165, 1.54) is 25.1 Å². The number of pyridine rings is 1. The molecule has 0 spiro atoms. The minimum absolute atomic E-state index is 0. The molecule has 0 radical (unpaired) electrons. The molecule has 0 fully saturated rings. The summed E-state index contributed by atoms with van der Waals surface area (Å²) in [5.41, 5.74) is -2.63. The van der Waals surface area contributed by atoms with Crippen molar-refractivity contribution in [2.75, 3.05) is 0 Å². The predicted octanol–water partition coefficient (Wildman–Crippen LogP) is 5.59. The molecule has 1 heterocycles. The van der Waals surface area contributed by atoms with Crippen LogP contribution in [0.4, 0.5) is 17.6 Å². The molecule has 0 aliphatic carbocycles. The standard InChI is InChI=1S/C23H20F4N2O4.CH4/c1-3-22(2,21(31)32)29-20(30)16-10-17(24)14-6-4-5-7-15(14)19(16)33-12-13-8-9-18(28-11-13)23(25,26)27;/h4-11H,3,12H2,1-2H3,(H,29,30)(H,31,32);1H4/t22-;/m0./s1. The SMILES string of the molecule is C.CC[C@](C)(NC(=O)c1cc(F)c2ccccc2c1OCc1ccc(C(F)(F)F)nc1)C(=O)O. The Balaban J connectivity index is 0.00000408. The van der Waals surface area contributed by atoms with Crippen molar-refractivity contribution in [3.63, 3.8) is 0 Å². The van der Waals surface area contributed by atoms with Crippen molar-refractivity contribution in [3.05, 3.63) is 71.3 Å². The van der Waals surface area contributed by atoms with Crippen LogP contribution in [0.15, 0.2) is 48.7 Å². The maximum absolute atomic E-state index is 14.7. The van der Waals surface area contributed by atoms with E-state index in [1.54, 1.807) is 19.1 Å². The Morgan fingerprint density at radius 1 is 1.12 bits per heavy atom. The lowest BCUT2D eigenvalue weighted by Gasteiger charge is -2.25. The van der Waals surface area contributed by atoms with Gasteiger partial charge in [0.1, 0.15) is 29.4 Å². The Morgan fingerprint density at radius 2 is 1.76 bits per heavy atom. The van der Waals surface area contributed by atoms with Gasteiger partial charge in [0, 0.05) is 22.5 Å². The average Bonchev–Trinajstić information content (AvgIpc) is 2.77. The van der Waals surface area contributed by atoms with E-state index in [-0.39, 0.29) is 48.1 Å². The van der Waals surface area contributed by atoms with Crippen LogP contribution in [0.5, 0.6) is 5.75 Å². The minimum Gasteiger partial charge on any atom is -0.487 e. The van der Waals surface area contributed by atoms with Crippen molar-refractivity contribution < 1.29 is 37.0 Å². The van der Waals surface area contributed by atoms with Gasteiger partial charge in [0.25, 0.3) is 5.91 Å². The lowest BCUT2D eigenvalue weighted by molar-refractivity contribution is -0.144. The summed E-state index contributed by atoms with van der Waals surface area (Å²) in [6.07, 6.45) is -3.53. The summed E-state index contributed by atoms with van der Waals surface area (Å²) in [6.45, 7) is 2.63. The molecule has 0 saturated heterocycles. The molecular weight excluding hydrogens is 456 g/mol. The number of aromatic nitrogens is 1. The summed E-state index contributed by atoms with van der Waals surface area (Å²) < 4.78 is 58.7. The second-order valence-corrected chi connectivity index (χ2v) is 7.56. The first kappa shape index (κ1) is 26.6. The number of benzene rings is 2. The monoisotopic (exact) mass is 480 g/mol. The number of ether oxygens (including phenoxy) is 1. The number of amides is 1. The van der Waals surface area contributed by atoms with Crippen molar-refractivity contribution in [1.82, 2.24) is 10.3 Å². The molecule has 182 valence electrons. The number of nitrogens with one attached hydrogen (secondary N) is 1. The molecule has 10 heteroatoms.